The number of carbonyl (C=O) groups is 1. The Morgan fingerprint density at radius 1 is 1.17 bits per heavy atom. The van der Waals surface area contributed by atoms with E-state index in [9.17, 15) is 9.18 Å². The molecule has 2 rings (SSSR count). The monoisotopic (exact) mass is 353 g/mol. The quantitative estimate of drug-likeness (QED) is 0.731. The first kappa shape index (κ1) is 17.6. The van der Waals surface area contributed by atoms with Crippen LogP contribution < -0.4 is 10.1 Å². The molecule has 0 atom stereocenters. The Bertz CT molecular complexity index is 637. The lowest BCUT2D eigenvalue weighted by Gasteiger charge is -2.08. The Hall–Kier alpha value is -1.72. The summed E-state index contributed by atoms with van der Waals surface area (Å²) in [5, 5.41) is 3.46. The van der Waals surface area contributed by atoms with Gasteiger partial charge in [-0.2, -0.15) is 11.8 Å². The van der Waals surface area contributed by atoms with E-state index in [-0.39, 0.29) is 18.3 Å². The van der Waals surface area contributed by atoms with Crippen LogP contribution in [0.25, 0.3) is 0 Å². The van der Waals surface area contributed by atoms with E-state index in [2.05, 4.69) is 5.32 Å². The number of benzene rings is 2. The molecule has 0 radical (unpaired) electrons. The van der Waals surface area contributed by atoms with Gasteiger partial charge in [0.05, 0.1) is 0 Å². The Labute approximate surface area is 144 Å². The molecule has 3 nitrogen and oxygen atoms in total. The van der Waals surface area contributed by atoms with Crippen molar-refractivity contribution in [2.24, 2.45) is 0 Å². The van der Waals surface area contributed by atoms with E-state index in [1.165, 1.54) is 17.7 Å². The topological polar surface area (TPSA) is 38.3 Å². The minimum absolute atomic E-state index is 0.0831. The van der Waals surface area contributed by atoms with Crippen molar-refractivity contribution < 1.29 is 13.9 Å². The maximum atomic E-state index is 13.3. The highest BCUT2D eigenvalue weighted by atomic mass is 35.5. The van der Waals surface area contributed by atoms with Gasteiger partial charge in [-0.25, -0.2) is 4.39 Å². The van der Waals surface area contributed by atoms with E-state index >= 15 is 0 Å². The predicted molar refractivity (Wildman–Crippen MR) is 92.5 cm³/mol. The zero-order valence-electron chi connectivity index (χ0n) is 12.4. The number of rotatable bonds is 8. The van der Waals surface area contributed by atoms with Gasteiger partial charge in [0.1, 0.15) is 0 Å². The summed E-state index contributed by atoms with van der Waals surface area (Å²) in [6, 6.07) is 13.7. The first-order chi connectivity index (χ1) is 11.1. The summed E-state index contributed by atoms with van der Waals surface area (Å²) in [4.78, 5) is 11.6. The number of thioether (sulfide) groups is 1. The molecule has 0 fully saturated rings. The van der Waals surface area contributed by atoms with Gasteiger partial charge >= 0.3 is 0 Å². The molecule has 0 saturated heterocycles. The highest BCUT2D eigenvalue weighted by Crippen LogP contribution is 2.16. The summed E-state index contributed by atoms with van der Waals surface area (Å²) in [5.74, 6) is 0.992. The lowest BCUT2D eigenvalue weighted by atomic mass is 10.2. The van der Waals surface area contributed by atoms with Crippen molar-refractivity contribution in [3.8, 4) is 5.75 Å². The Morgan fingerprint density at radius 2 is 1.91 bits per heavy atom. The zero-order chi connectivity index (χ0) is 16.5. The van der Waals surface area contributed by atoms with Crippen molar-refractivity contribution in [2.75, 3.05) is 18.9 Å². The molecule has 0 aliphatic rings. The van der Waals surface area contributed by atoms with Crippen LogP contribution in [0.4, 0.5) is 4.39 Å². The van der Waals surface area contributed by atoms with Crippen LogP contribution in [0.1, 0.15) is 5.56 Å². The Balaban J connectivity index is 1.58. The van der Waals surface area contributed by atoms with Gasteiger partial charge in [-0.15, -0.1) is 0 Å². The fraction of sp³-hybridized carbons (Fsp3) is 0.235. The van der Waals surface area contributed by atoms with Crippen LogP contribution in [0.5, 0.6) is 5.75 Å². The fourth-order valence-electron chi connectivity index (χ4n) is 1.79. The number of para-hydroxylation sites is 1. The van der Waals surface area contributed by atoms with E-state index in [0.717, 1.165) is 16.5 Å². The molecule has 0 spiro atoms. The fourth-order valence-corrected chi connectivity index (χ4v) is 2.73. The number of ether oxygens (including phenoxy) is 1. The maximum absolute atomic E-state index is 13.3. The van der Waals surface area contributed by atoms with Crippen molar-refractivity contribution in [1.29, 1.82) is 0 Å². The van der Waals surface area contributed by atoms with Crippen molar-refractivity contribution in [2.45, 2.75) is 5.75 Å². The molecule has 0 heterocycles. The molecule has 1 N–H and O–H groups in total. The number of hydrogen-bond donors (Lipinski definition) is 1. The van der Waals surface area contributed by atoms with E-state index in [4.69, 9.17) is 16.3 Å². The van der Waals surface area contributed by atoms with Crippen LogP contribution in [0.2, 0.25) is 5.02 Å². The summed E-state index contributed by atoms with van der Waals surface area (Å²) < 4.78 is 18.4. The standard InChI is InChI=1S/C17H17ClFNO2S/c18-14-7-5-13(6-8-14)12-23-10-9-20-17(21)11-22-16-4-2-1-3-15(16)19/h1-8H,9-12H2,(H,20,21). The Morgan fingerprint density at radius 3 is 2.65 bits per heavy atom. The van der Waals surface area contributed by atoms with Gasteiger partial charge in [-0.1, -0.05) is 35.9 Å². The highest BCUT2D eigenvalue weighted by molar-refractivity contribution is 7.98. The molecule has 23 heavy (non-hydrogen) atoms. The highest BCUT2D eigenvalue weighted by Gasteiger charge is 2.05. The molecular weight excluding hydrogens is 337 g/mol. The smallest absolute Gasteiger partial charge is 0.257 e. The third-order valence-corrected chi connectivity index (χ3v) is 4.23. The first-order valence-electron chi connectivity index (χ1n) is 7.11. The molecule has 0 unspecified atom stereocenters. The van der Waals surface area contributed by atoms with Crippen LogP contribution in [-0.2, 0) is 10.5 Å². The molecule has 122 valence electrons. The summed E-state index contributed by atoms with van der Waals surface area (Å²) in [6.45, 7) is 0.348. The lowest BCUT2D eigenvalue weighted by Crippen LogP contribution is -2.30. The lowest BCUT2D eigenvalue weighted by molar-refractivity contribution is -0.123. The zero-order valence-corrected chi connectivity index (χ0v) is 14.0. The van der Waals surface area contributed by atoms with Crippen molar-refractivity contribution in [3.05, 3.63) is 64.9 Å². The van der Waals surface area contributed by atoms with E-state index < -0.39 is 5.82 Å². The number of nitrogens with one attached hydrogen (secondary N) is 1. The maximum Gasteiger partial charge on any atom is 0.257 e. The second-order valence-corrected chi connectivity index (χ2v) is 6.29. The summed E-state index contributed by atoms with van der Waals surface area (Å²) in [5.41, 5.74) is 1.19. The van der Waals surface area contributed by atoms with Crippen molar-refractivity contribution in [3.63, 3.8) is 0 Å². The summed E-state index contributed by atoms with van der Waals surface area (Å²) in [7, 11) is 0. The summed E-state index contributed by atoms with van der Waals surface area (Å²) >= 11 is 7.54. The molecule has 0 bridgehead atoms. The van der Waals surface area contributed by atoms with Crippen LogP contribution in [0, 0.1) is 5.82 Å². The average Bonchev–Trinajstić information content (AvgIpc) is 2.55. The molecule has 6 heteroatoms. The third kappa shape index (κ3) is 6.50. The van der Waals surface area contributed by atoms with Crippen LogP contribution in [-0.4, -0.2) is 24.8 Å². The van der Waals surface area contributed by atoms with Gasteiger partial charge in [-0.05, 0) is 29.8 Å². The molecule has 0 aliphatic heterocycles. The predicted octanol–water partition coefficient (Wildman–Crippen LogP) is 3.91. The molecule has 1 amide bonds. The SMILES string of the molecule is O=C(COc1ccccc1F)NCCSCc1ccc(Cl)cc1. The number of carbonyl (C=O) groups excluding carboxylic acids is 1. The van der Waals surface area contributed by atoms with Gasteiger partial charge in [0.25, 0.3) is 5.91 Å². The molecule has 0 aliphatic carbocycles. The number of hydrogen-bond acceptors (Lipinski definition) is 3. The van der Waals surface area contributed by atoms with Gasteiger partial charge in [0.2, 0.25) is 0 Å². The molecular formula is C17H17ClFNO2S. The van der Waals surface area contributed by atoms with Gasteiger partial charge in [-0.3, -0.25) is 4.79 Å². The molecule has 0 saturated carbocycles. The van der Waals surface area contributed by atoms with E-state index in [0.29, 0.717) is 6.54 Å². The van der Waals surface area contributed by atoms with Crippen LogP contribution in [0.15, 0.2) is 48.5 Å². The molecule has 2 aromatic carbocycles. The molecule has 2 aromatic rings. The third-order valence-electron chi connectivity index (χ3n) is 2.95. The van der Waals surface area contributed by atoms with E-state index in [1.54, 1.807) is 23.9 Å². The number of halogens is 2. The minimum atomic E-state index is -0.473. The molecule has 0 aromatic heterocycles. The average molecular weight is 354 g/mol. The van der Waals surface area contributed by atoms with Gasteiger partial charge in [0.15, 0.2) is 18.2 Å². The Kier molecular flexibility index (Phi) is 7.23. The first-order valence-corrected chi connectivity index (χ1v) is 8.64. The normalized spacial score (nSPS) is 10.3. The van der Waals surface area contributed by atoms with Crippen LogP contribution in [0.3, 0.4) is 0 Å². The van der Waals surface area contributed by atoms with Crippen molar-refractivity contribution >= 4 is 29.3 Å². The van der Waals surface area contributed by atoms with Crippen LogP contribution >= 0.6 is 23.4 Å². The van der Waals surface area contributed by atoms with Crippen molar-refractivity contribution in [1.82, 2.24) is 5.32 Å². The second-order valence-electron chi connectivity index (χ2n) is 4.75. The van der Waals surface area contributed by atoms with Gasteiger partial charge < -0.3 is 10.1 Å². The number of amides is 1. The second kappa shape index (κ2) is 9.43. The largest absolute Gasteiger partial charge is 0.481 e. The van der Waals surface area contributed by atoms with Gasteiger partial charge in [0, 0.05) is 23.1 Å². The van der Waals surface area contributed by atoms with E-state index in [1.807, 2.05) is 24.3 Å². The minimum Gasteiger partial charge on any atom is -0.481 e. The summed E-state index contributed by atoms with van der Waals surface area (Å²) in [6.07, 6.45) is 0.